The number of nitrogens with one attached hydrogen (secondary N) is 1. The Hall–Kier alpha value is -1.74. The normalized spacial score (nSPS) is 17.2. The Balaban J connectivity index is 1.50. The molecule has 1 saturated carbocycles. The minimum Gasteiger partial charge on any atom is -0.468 e. The number of fused-ring (bicyclic) bond motifs is 1. The van der Waals surface area contributed by atoms with Crippen LogP contribution in [0, 0.1) is 0 Å². The first kappa shape index (κ1) is 12.0. The summed E-state index contributed by atoms with van der Waals surface area (Å²) in [5.41, 5.74) is 4.21. The van der Waals surface area contributed by atoms with E-state index in [1.165, 1.54) is 29.7 Å². The number of hydrogen-bond donors (Lipinski definition) is 1. The van der Waals surface area contributed by atoms with E-state index in [9.17, 15) is 0 Å². The number of anilines is 1. The van der Waals surface area contributed by atoms with Crippen LogP contribution in [0.2, 0.25) is 0 Å². The lowest BCUT2D eigenvalue weighted by Gasteiger charge is -2.21. The van der Waals surface area contributed by atoms with E-state index in [0.717, 1.165) is 37.9 Å². The van der Waals surface area contributed by atoms with Crippen molar-refractivity contribution in [2.75, 3.05) is 11.9 Å². The third-order valence-electron chi connectivity index (χ3n) is 4.27. The van der Waals surface area contributed by atoms with E-state index in [1.807, 2.05) is 6.07 Å². The van der Waals surface area contributed by atoms with Crippen molar-refractivity contribution in [1.82, 2.24) is 4.90 Å². The number of rotatable bonds is 5. The molecule has 0 amide bonds. The summed E-state index contributed by atoms with van der Waals surface area (Å²) in [6, 6.07) is 11.6. The van der Waals surface area contributed by atoms with Crippen molar-refractivity contribution < 1.29 is 4.42 Å². The van der Waals surface area contributed by atoms with Gasteiger partial charge in [0, 0.05) is 24.8 Å². The second-order valence-electron chi connectivity index (χ2n) is 5.88. The molecule has 0 spiro atoms. The fourth-order valence-electron chi connectivity index (χ4n) is 3.05. The van der Waals surface area contributed by atoms with Crippen LogP contribution in [0.15, 0.2) is 41.0 Å². The number of furan rings is 1. The molecule has 0 radical (unpaired) electrons. The van der Waals surface area contributed by atoms with E-state index in [4.69, 9.17) is 4.42 Å². The first-order chi connectivity index (χ1) is 9.88. The monoisotopic (exact) mass is 268 g/mol. The number of hydrogen-bond acceptors (Lipinski definition) is 3. The average molecular weight is 268 g/mol. The summed E-state index contributed by atoms with van der Waals surface area (Å²) in [5.74, 6) is 1.07. The molecule has 1 aliphatic heterocycles. The molecule has 3 heteroatoms. The average Bonchev–Trinajstić information content (AvgIpc) is 2.99. The third kappa shape index (κ3) is 2.46. The molecule has 2 aromatic rings. The zero-order valence-corrected chi connectivity index (χ0v) is 11.6. The van der Waals surface area contributed by atoms with Crippen molar-refractivity contribution in [3.05, 3.63) is 53.5 Å². The Morgan fingerprint density at radius 1 is 1.20 bits per heavy atom. The van der Waals surface area contributed by atoms with Gasteiger partial charge in [-0.05, 0) is 48.6 Å². The maximum absolute atomic E-state index is 5.50. The molecule has 0 unspecified atom stereocenters. The van der Waals surface area contributed by atoms with Gasteiger partial charge in [0.2, 0.25) is 0 Å². The minimum atomic E-state index is 0.742. The van der Waals surface area contributed by atoms with Crippen LogP contribution in [0.25, 0.3) is 0 Å². The van der Waals surface area contributed by atoms with Crippen LogP contribution in [0.1, 0.15) is 29.7 Å². The first-order valence-corrected chi connectivity index (χ1v) is 7.50. The van der Waals surface area contributed by atoms with Gasteiger partial charge in [0.05, 0.1) is 12.8 Å². The van der Waals surface area contributed by atoms with Crippen LogP contribution in [0.5, 0.6) is 0 Å². The molecular weight excluding hydrogens is 248 g/mol. The quantitative estimate of drug-likeness (QED) is 0.900. The van der Waals surface area contributed by atoms with E-state index >= 15 is 0 Å². The molecule has 3 nitrogen and oxygen atoms in total. The van der Waals surface area contributed by atoms with Crippen LogP contribution in [-0.2, 0) is 19.5 Å². The Morgan fingerprint density at radius 2 is 2.15 bits per heavy atom. The Kier molecular flexibility index (Phi) is 3.00. The lowest BCUT2D eigenvalue weighted by atomic mass is 10.1. The van der Waals surface area contributed by atoms with Crippen LogP contribution in [-0.4, -0.2) is 17.5 Å². The van der Waals surface area contributed by atoms with Crippen molar-refractivity contribution in [2.45, 2.75) is 38.4 Å². The highest BCUT2D eigenvalue weighted by Crippen LogP contribution is 2.31. The van der Waals surface area contributed by atoms with Crippen LogP contribution >= 0.6 is 0 Å². The Bertz CT molecular complexity index is 587. The van der Waals surface area contributed by atoms with Crippen molar-refractivity contribution in [3.8, 4) is 0 Å². The predicted octanol–water partition coefficient (Wildman–Crippen LogP) is 3.41. The van der Waals surface area contributed by atoms with E-state index in [0.29, 0.717) is 0 Å². The molecule has 1 aliphatic carbocycles. The van der Waals surface area contributed by atoms with Crippen molar-refractivity contribution >= 4 is 5.69 Å². The van der Waals surface area contributed by atoms with Crippen LogP contribution < -0.4 is 5.32 Å². The summed E-state index contributed by atoms with van der Waals surface area (Å²) >= 11 is 0. The summed E-state index contributed by atoms with van der Waals surface area (Å²) in [7, 11) is 0. The molecule has 1 N–H and O–H groups in total. The highest BCUT2D eigenvalue weighted by atomic mass is 16.3. The number of nitrogens with zero attached hydrogens (tertiary/aromatic N) is 1. The molecule has 20 heavy (non-hydrogen) atoms. The lowest BCUT2D eigenvalue weighted by molar-refractivity contribution is 0.225. The number of benzene rings is 1. The second kappa shape index (κ2) is 4.98. The molecule has 0 saturated heterocycles. The highest BCUT2D eigenvalue weighted by Gasteiger charge is 2.29. The third-order valence-corrected chi connectivity index (χ3v) is 4.27. The molecule has 0 atom stereocenters. The molecule has 1 aromatic carbocycles. The highest BCUT2D eigenvalue weighted by molar-refractivity contribution is 5.56. The van der Waals surface area contributed by atoms with Crippen molar-refractivity contribution in [1.29, 1.82) is 0 Å². The molecule has 0 bridgehead atoms. The molecule has 104 valence electrons. The summed E-state index contributed by atoms with van der Waals surface area (Å²) in [6.07, 6.45) is 5.58. The van der Waals surface area contributed by atoms with Gasteiger partial charge >= 0.3 is 0 Å². The summed E-state index contributed by atoms with van der Waals surface area (Å²) < 4.78 is 5.50. The topological polar surface area (TPSA) is 28.4 Å². The van der Waals surface area contributed by atoms with Crippen molar-refractivity contribution in [2.24, 2.45) is 0 Å². The van der Waals surface area contributed by atoms with E-state index in [1.54, 1.807) is 6.26 Å². The van der Waals surface area contributed by atoms with E-state index < -0.39 is 0 Å². The molecule has 4 rings (SSSR count). The van der Waals surface area contributed by atoms with Crippen LogP contribution in [0.3, 0.4) is 0 Å². The van der Waals surface area contributed by atoms with Gasteiger partial charge < -0.3 is 9.73 Å². The summed E-state index contributed by atoms with van der Waals surface area (Å²) in [4.78, 5) is 2.54. The minimum absolute atomic E-state index is 0.742. The zero-order chi connectivity index (χ0) is 13.4. The molecular formula is C17H20N2O. The molecule has 1 aromatic heterocycles. The van der Waals surface area contributed by atoms with Gasteiger partial charge in [0.15, 0.2) is 0 Å². The molecule has 1 fully saturated rings. The maximum atomic E-state index is 5.50. The smallest absolute Gasteiger partial charge is 0.117 e. The summed E-state index contributed by atoms with van der Waals surface area (Å²) in [6.45, 7) is 3.03. The van der Waals surface area contributed by atoms with Crippen LogP contribution in [0.4, 0.5) is 5.69 Å². The van der Waals surface area contributed by atoms with E-state index in [2.05, 4.69) is 34.5 Å². The van der Waals surface area contributed by atoms with E-state index in [-0.39, 0.29) is 0 Å². The van der Waals surface area contributed by atoms with Gasteiger partial charge in [0.25, 0.3) is 0 Å². The zero-order valence-electron chi connectivity index (χ0n) is 11.6. The largest absolute Gasteiger partial charge is 0.468 e. The first-order valence-electron chi connectivity index (χ1n) is 7.50. The van der Waals surface area contributed by atoms with Gasteiger partial charge in [-0.15, -0.1) is 0 Å². The Labute approximate surface area is 119 Å². The van der Waals surface area contributed by atoms with Gasteiger partial charge in [-0.2, -0.15) is 0 Å². The Morgan fingerprint density at radius 3 is 2.95 bits per heavy atom. The van der Waals surface area contributed by atoms with Gasteiger partial charge in [0.1, 0.15) is 5.76 Å². The SMILES string of the molecule is c1coc(CN(Cc2ccc3c(c2)CCN3)C2CC2)c1. The predicted molar refractivity (Wildman–Crippen MR) is 79.6 cm³/mol. The molecule has 2 heterocycles. The van der Waals surface area contributed by atoms with Gasteiger partial charge in [-0.1, -0.05) is 12.1 Å². The fraction of sp³-hybridized carbons (Fsp3) is 0.412. The standard InChI is InChI=1S/C17H20N2O/c1-2-16(20-9-1)12-19(15-4-5-15)11-13-3-6-17-14(10-13)7-8-18-17/h1-3,6,9-10,15,18H,4-5,7-8,11-12H2. The van der Waals surface area contributed by atoms with Gasteiger partial charge in [-0.3, -0.25) is 4.90 Å². The fourth-order valence-corrected chi connectivity index (χ4v) is 3.05. The summed E-state index contributed by atoms with van der Waals surface area (Å²) in [5, 5.41) is 3.42. The molecule has 2 aliphatic rings. The lowest BCUT2D eigenvalue weighted by Crippen LogP contribution is -2.24. The second-order valence-corrected chi connectivity index (χ2v) is 5.88. The van der Waals surface area contributed by atoms with Crippen molar-refractivity contribution in [3.63, 3.8) is 0 Å². The maximum Gasteiger partial charge on any atom is 0.117 e. The van der Waals surface area contributed by atoms with Gasteiger partial charge in [-0.25, -0.2) is 0 Å².